The van der Waals surface area contributed by atoms with E-state index in [4.69, 9.17) is 52.1 Å². The van der Waals surface area contributed by atoms with Gasteiger partial charge in [0.05, 0.1) is 65.5 Å². The zero-order valence-electron chi connectivity index (χ0n) is 41.9. The number of esters is 1. The summed E-state index contributed by atoms with van der Waals surface area (Å²) >= 11 is 0. The van der Waals surface area contributed by atoms with Crippen LogP contribution in [-0.2, 0) is 87.0 Å². The molecular formula is C62H64O13. The molecule has 0 amide bonds. The minimum Gasteiger partial charge on any atom is -0.497 e. The Morgan fingerprint density at radius 2 is 0.773 bits per heavy atom. The van der Waals surface area contributed by atoms with Gasteiger partial charge in [-0.2, -0.15) is 0 Å². The van der Waals surface area contributed by atoms with Gasteiger partial charge in [0.25, 0.3) is 0 Å². The third-order valence-electron chi connectivity index (χ3n) is 13.0. The first kappa shape index (κ1) is 53.2. The lowest BCUT2D eigenvalue weighted by molar-refractivity contribution is -0.343. The van der Waals surface area contributed by atoms with E-state index in [0.717, 1.165) is 33.4 Å². The van der Waals surface area contributed by atoms with E-state index in [0.29, 0.717) is 11.3 Å². The molecule has 75 heavy (non-hydrogen) atoms. The largest absolute Gasteiger partial charge is 0.497 e. The summed E-state index contributed by atoms with van der Waals surface area (Å²) in [7, 11) is 1.62. The van der Waals surface area contributed by atoms with E-state index in [1.807, 2.05) is 182 Å². The number of aliphatic hydroxyl groups is 1. The molecule has 10 atom stereocenters. The molecule has 0 bridgehead atoms. The van der Waals surface area contributed by atoms with Gasteiger partial charge in [-0.1, -0.05) is 182 Å². The quantitative estimate of drug-likeness (QED) is 0.0544. The van der Waals surface area contributed by atoms with E-state index in [1.54, 1.807) is 31.4 Å². The van der Waals surface area contributed by atoms with Crippen LogP contribution in [0.3, 0.4) is 0 Å². The molecule has 2 saturated heterocycles. The molecule has 0 unspecified atom stereocenters. The first-order valence-electron chi connectivity index (χ1n) is 25.3. The molecule has 0 spiro atoms. The molecule has 13 nitrogen and oxygen atoms in total. The molecule has 390 valence electrons. The Morgan fingerprint density at radius 1 is 0.400 bits per heavy atom. The van der Waals surface area contributed by atoms with Crippen LogP contribution in [0.5, 0.6) is 5.75 Å². The third-order valence-corrected chi connectivity index (χ3v) is 13.0. The summed E-state index contributed by atoms with van der Waals surface area (Å²) in [6.07, 6.45) is -10.4. The predicted molar refractivity (Wildman–Crippen MR) is 279 cm³/mol. The first-order chi connectivity index (χ1) is 37.0. The highest BCUT2D eigenvalue weighted by molar-refractivity contribution is 5.89. The van der Waals surface area contributed by atoms with E-state index in [9.17, 15) is 9.90 Å². The van der Waals surface area contributed by atoms with Gasteiger partial charge in [-0.25, -0.2) is 4.79 Å². The summed E-state index contributed by atoms with van der Waals surface area (Å²) in [6, 6.07) is 65.1. The molecule has 1 N–H and O–H groups in total. The molecule has 0 saturated carbocycles. The lowest BCUT2D eigenvalue weighted by Gasteiger charge is -2.47. The number of hydrogen-bond acceptors (Lipinski definition) is 13. The fourth-order valence-electron chi connectivity index (χ4n) is 9.06. The average molecular weight is 1020 g/mol. The van der Waals surface area contributed by atoms with Gasteiger partial charge in [0, 0.05) is 0 Å². The topological polar surface area (TPSA) is 139 Å². The van der Waals surface area contributed by atoms with Gasteiger partial charge >= 0.3 is 5.97 Å². The van der Waals surface area contributed by atoms with Crippen LogP contribution in [0.4, 0.5) is 0 Å². The molecule has 0 aromatic heterocycles. The molecule has 2 aliphatic rings. The second-order valence-corrected chi connectivity index (χ2v) is 18.3. The van der Waals surface area contributed by atoms with Crippen molar-refractivity contribution >= 4 is 5.97 Å². The van der Waals surface area contributed by atoms with Crippen molar-refractivity contribution in [3.8, 4) is 5.75 Å². The maximum absolute atomic E-state index is 14.3. The Hall–Kier alpha value is -6.59. The van der Waals surface area contributed by atoms with Crippen LogP contribution < -0.4 is 4.74 Å². The maximum atomic E-state index is 14.3. The summed E-state index contributed by atoms with van der Waals surface area (Å²) in [5, 5.41) is 12.0. The van der Waals surface area contributed by atoms with Crippen molar-refractivity contribution in [3.05, 3.63) is 245 Å². The van der Waals surface area contributed by atoms with Crippen LogP contribution >= 0.6 is 0 Å². The Kier molecular flexibility index (Phi) is 19.7. The predicted octanol–water partition coefficient (Wildman–Crippen LogP) is 9.82. The number of rotatable bonds is 25. The van der Waals surface area contributed by atoms with Gasteiger partial charge in [-0.3, -0.25) is 0 Å². The van der Waals surface area contributed by atoms with Gasteiger partial charge in [0.2, 0.25) is 0 Å². The molecular weight excluding hydrogens is 953 g/mol. The molecule has 2 heterocycles. The number of carbonyl (C=O) groups is 1. The molecule has 7 aromatic rings. The molecule has 9 rings (SSSR count). The van der Waals surface area contributed by atoms with E-state index in [1.165, 1.54) is 0 Å². The summed E-state index contributed by atoms with van der Waals surface area (Å²) < 4.78 is 72.5. The van der Waals surface area contributed by atoms with E-state index < -0.39 is 67.4 Å². The Morgan fingerprint density at radius 3 is 1.23 bits per heavy atom. The number of ether oxygens (including phenoxy) is 11. The van der Waals surface area contributed by atoms with Gasteiger partial charge < -0.3 is 57.2 Å². The maximum Gasteiger partial charge on any atom is 0.338 e. The van der Waals surface area contributed by atoms with Crippen molar-refractivity contribution < 1.29 is 62.0 Å². The van der Waals surface area contributed by atoms with Crippen LogP contribution in [0, 0.1) is 0 Å². The van der Waals surface area contributed by atoms with Crippen molar-refractivity contribution in [1.29, 1.82) is 0 Å². The molecule has 0 radical (unpaired) electrons. The third kappa shape index (κ3) is 15.3. The van der Waals surface area contributed by atoms with Crippen LogP contribution in [0.1, 0.15) is 43.7 Å². The van der Waals surface area contributed by atoms with Crippen LogP contribution in [0.15, 0.2) is 206 Å². The zero-order valence-corrected chi connectivity index (χ0v) is 41.9. The van der Waals surface area contributed by atoms with E-state index in [2.05, 4.69) is 0 Å². The fourth-order valence-corrected chi connectivity index (χ4v) is 9.06. The van der Waals surface area contributed by atoms with Crippen molar-refractivity contribution in [3.63, 3.8) is 0 Å². The molecule has 13 heteroatoms. The fraction of sp³-hybridized carbons (Fsp3) is 0.306. The van der Waals surface area contributed by atoms with Crippen LogP contribution in [0.25, 0.3) is 0 Å². The normalized spacial score (nSPS) is 23.5. The lowest BCUT2D eigenvalue weighted by atomic mass is 9.97. The number of carbonyl (C=O) groups excluding carboxylic acids is 1. The zero-order chi connectivity index (χ0) is 51.4. The summed E-state index contributed by atoms with van der Waals surface area (Å²) in [6.45, 7) is 0.930. The number of methoxy groups -OCH3 is 1. The van der Waals surface area contributed by atoms with Gasteiger partial charge in [-0.15, -0.1) is 0 Å². The second kappa shape index (κ2) is 27.8. The van der Waals surface area contributed by atoms with Gasteiger partial charge in [-0.05, 0) is 57.6 Å². The highest BCUT2D eigenvalue weighted by Crippen LogP contribution is 2.35. The van der Waals surface area contributed by atoms with E-state index in [-0.39, 0.29) is 52.9 Å². The Balaban J connectivity index is 1.06. The van der Waals surface area contributed by atoms with Crippen LogP contribution in [-0.4, -0.2) is 92.8 Å². The lowest BCUT2D eigenvalue weighted by Crippen LogP contribution is -2.64. The monoisotopic (exact) mass is 1020 g/mol. The second-order valence-electron chi connectivity index (χ2n) is 18.3. The molecule has 2 aliphatic heterocycles. The standard InChI is InChI=1S/C62H64O13/c1-65-51-34-32-49(33-35-51)41-68-54-52(42-66-36-44-20-8-2-9-21-44)74-62(59(75-60(63)50-30-18-7-19-31-50)57(54)70-39-47-26-14-5-15-27-47)72-43-53-55(67-37-45-22-10-3-11-23-45)56(69-38-46-24-12-4-13-25-46)58(61(64)73-53)71-40-48-28-16-6-17-29-48/h2-35,52-59,61-62,64H,36-43H2,1H3/t52-,53-,54-,55-,56+,57+,58-,59+,61+,62+/m1/s1. The number of benzene rings is 7. The SMILES string of the molecule is COc1ccc(CO[C@H]2[C@H](OCc3ccccc3)[C@H](OC(=O)c3ccccc3)[C@@H](OC[C@H]3O[C@H](O)[C@H](OCc4ccccc4)[C@@H](OCc4ccccc4)[C@@H]3OCc3ccccc3)O[C@@H]2COCc2ccccc2)cc1. The van der Waals surface area contributed by atoms with Crippen LogP contribution in [0.2, 0.25) is 0 Å². The first-order valence-corrected chi connectivity index (χ1v) is 25.3. The van der Waals surface area contributed by atoms with Crippen molar-refractivity contribution in [2.24, 2.45) is 0 Å². The Labute approximate surface area is 438 Å². The van der Waals surface area contributed by atoms with Crippen molar-refractivity contribution in [1.82, 2.24) is 0 Å². The number of aliphatic hydroxyl groups excluding tert-OH is 1. The minimum absolute atomic E-state index is 0.0455. The van der Waals surface area contributed by atoms with E-state index >= 15 is 0 Å². The molecule has 2 fully saturated rings. The number of hydrogen-bond donors (Lipinski definition) is 1. The summed E-state index contributed by atoms with van der Waals surface area (Å²) in [4.78, 5) is 14.3. The minimum atomic E-state index is -1.48. The smallest absolute Gasteiger partial charge is 0.338 e. The van der Waals surface area contributed by atoms with Crippen molar-refractivity contribution in [2.75, 3.05) is 20.3 Å². The van der Waals surface area contributed by atoms with Gasteiger partial charge in [0.15, 0.2) is 18.7 Å². The molecule has 7 aromatic carbocycles. The van der Waals surface area contributed by atoms with Crippen molar-refractivity contribution in [2.45, 2.75) is 101 Å². The highest BCUT2D eigenvalue weighted by atomic mass is 16.7. The summed E-state index contributed by atoms with van der Waals surface area (Å²) in [5.41, 5.74) is 5.76. The Bertz CT molecular complexity index is 2700. The average Bonchev–Trinajstić information content (AvgIpc) is 3.46. The highest BCUT2D eigenvalue weighted by Gasteiger charge is 2.53. The molecule has 0 aliphatic carbocycles. The van der Waals surface area contributed by atoms with Gasteiger partial charge in [0.1, 0.15) is 48.5 Å². The summed E-state index contributed by atoms with van der Waals surface area (Å²) in [5.74, 6) is 0.0790.